The second-order valence-electron chi connectivity index (χ2n) is 4.63. The van der Waals surface area contributed by atoms with E-state index in [2.05, 4.69) is 17.2 Å². The van der Waals surface area contributed by atoms with Gasteiger partial charge in [-0.05, 0) is 12.8 Å². The smallest absolute Gasteiger partial charge is 0.226 e. The van der Waals surface area contributed by atoms with E-state index in [1.54, 1.807) is 5.38 Å². The SMILES string of the molecule is CCCCOCCCNC(=O)Cc1nc(CC(=O)[O-])cs1. The van der Waals surface area contributed by atoms with E-state index in [1.165, 1.54) is 11.3 Å². The number of nitrogens with one attached hydrogen (secondary N) is 1. The summed E-state index contributed by atoms with van der Waals surface area (Å²) in [4.78, 5) is 26.2. The Morgan fingerprint density at radius 2 is 2.10 bits per heavy atom. The second-order valence-corrected chi connectivity index (χ2v) is 5.57. The molecule has 1 amide bonds. The fraction of sp³-hybridized carbons (Fsp3) is 0.643. The number of unbranched alkanes of at least 4 members (excludes halogenated alkanes) is 1. The number of aromatic nitrogens is 1. The van der Waals surface area contributed by atoms with Crippen molar-refractivity contribution < 1.29 is 19.4 Å². The van der Waals surface area contributed by atoms with Crippen LogP contribution in [0.1, 0.15) is 36.9 Å². The van der Waals surface area contributed by atoms with Gasteiger partial charge in [-0.1, -0.05) is 13.3 Å². The minimum atomic E-state index is -1.17. The van der Waals surface area contributed by atoms with Crippen molar-refractivity contribution in [3.63, 3.8) is 0 Å². The molecule has 0 spiro atoms. The Bertz CT molecular complexity index is 448. The predicted octanol–water partition coefficient (Wildman–Crippen LogP) is 0.301. The number of nitrogens with zero attached hydrogens (tertiary/aromatic N) is 1. The molecule has 0 aliphatic rings. The van der Waals surface area contributed by atoms with Crippen molar-refractivity contribution >= 4 is 23.2 Å². The number of carboxylic acids is 1. The van der Waals surface area contributed by atoms with Gasteiger partial charge in [0.25, 0.3) is 0 Å². The van der Waals surface area contributed by atoms with Crippen molar-refractivity contribution in [1.82, 2.24) is 10.3 Å². The molecule has 0 unspecified atom stereocenters. The van der Waals surface area contributed by atoms with Crippen LogP contribution in [0, 0.1) is 0 Å². The predicted molar refractivity (Wildman–Crippen MR) is 77.9 cm³/mol. The lowest BCUT2D eigenvalue weighted by Crippen LogP contribution is -2.27. The number of aliphatic carboxylic acids is 1. The number of hydrogen-bond acceptors (Lipinski definition) is 6. The van der Waals surface area contributed by atoms with Crippen LogP contribution in [-0.4, -0.2) is 36.6 Å². The summed E-state index contributed by atoms with van der Waals surface area (Å²) in [6.45, 7) is 4.10. The maximum atomic E-state index is 11.7. The molecule has 7 heteroatoms. The van der Waals surface area contributed by atoms with E-state index in [4.69, 9.17) is 4.74 Å². The van der Waals surface area contributed by atoms with Crippen LogP contribution in [0.4, 0.5) is 0 Å². The first-order chi connectivity index (χ1) is 10.1. The maximum absolute atomic E-state index is 11.7. The van der Waals surface area contributed by atoms with E-state index >= 15 is 0 Å². The third kappa shape index (κ3) is 8.41. The van der Waals surface area contributed by atoms with Gasteiger partial charge in [-0.3, -0.25) is 4.79 Å². The topological polar surface area (TPSA) is 91.3 Å². The Morgan fingerprint density at radius 3 is 2.81 bits per heavy atom. The summed E-state index contributed by atoms with van der Waals surface area (Å²) in [5.74, 6) is -1.28. The van der Waals surface area contributed by atoms with Crippen LogP contribution in [0.25, 0.3) is 0 Å². The van der Waals surface area contributed by atoms with Gasteiger partial charge in [0, 0.05) is 37.5 Å². The van der Waals surface area contributed by atoms with E-state index in [9.17, 15) is 14.7 Å². The average molecular weight is 313 g/mol. The summed E-state index contributed by atoms with van der Waals surface area (Å²) < 4.78 is 5.39. The third-order valence-corrected chi connectivity index (χ3v) is 3.56. The molecule has 6 nitrogen and oxygen atoms in total. The van der Waals surface area contributed by atoms with Crippen LogP contribution in [0.5, 0.6) is 0 Å². The molecule has 0 atom stereocenters. The summed E-state index contributed by atoms with van der Waals surface area (Å²) in [6.07, 6.45) is 2.92. The molecule has 0 aliphatic heterocycles. The number of hydrogen-bond donors (Lipinski definition) is 1. The molecule has 0 aromatic carbocycles. The molecule has 1 aromatic heterocycles. The number of rotatable bonds is 11. The molecule has 1 N–H and O–H groups in total. The number of ether oxygens (including phenoxy) is 1. The van der Waals surface area contributed by atoms with Crippen molar-refractivity contribution in [2.45, 2.75) is 39.0 Å². The quantitative estimate of drug-likeness (QED) is 0.593. The van der Waals surface area contributed by atoms with Gasteiger partial charge >= 0.3 is 0 Å². The highest BCUT2D eigenvalue weighted by atomic mass is 32.1. The van der Waals surface area contributed by atoms with Crippen LogP contribution >= 0.6 is 11.3 Å². The summed E-state index contributed by atoms with van der Waals surface area (Å²) in [5, 5.41) is 15.5. The van der Waals surface area contributed by atoms with Gasteiger partial charge in [-0.15, -0.1) is 11.3 Å². The van der Waals surface area contributed by atoms with Crippen LogP contribution in [0.3, 0.4) is 0 Å². The molecular formula is C14H21N2O4S-. The van der Waals surface area contributed by atoms with Crippen molar-refractivity contribution in [3.8, 4) is 0 Å². The van der Waals surface area contributed by atoms with Crippen LogP contribution < -0.4 is 10.4 Å². The molecule has 0 saturated carbocycles. The molecule has 0 fully saturated rings. The molecule has 0 bridgehead atoms. The molecule has 0 saturated heterocycles. The lowest BCUT2D eigenvalue weighted by molar-refractivity contribution is -0.304. The molecule has 1 aromatic rings. The molecular weight excluding hydrogens is 292 g/mol. The van der Waals surface area contributed by atoms with Crippen LogP contribution in [0.2, 0.25) is 0 Å². The Labute approximate surface area is 128 Å². The summed E-state index contributed by atoms with van der Waals surface area (Å²) in [7, 11) is 0. The van der Waals surface area contributed by atoms with E-state index in [0.717, 1.165) is 25.9 Å². The molecule has 1 rings (SSSR count). The van der Waals surface area contributed by atoms with Gasteiger partial charge < -0.3 is 20.0 Å². The van der Waals surface area contributed by atoms with Gasteiger partial charge in [0.05, 0.1) is 12.1 Å². The van der Waals surface area contributed by atoms with Crippen molar-refractivity contribution in [1.29, 1.82) is 0 Å². The molecule has 1 heterocycles. The molecule has 0 radical (unpaired) electrons. The third-order valence-electron chi connectivity index (χ3n) is 2.67. The van der Waals surface area contributed by atoms with E-state index in [0.29, 0.717) is 23.9 Å². The Hall–Kier alpha value is -1.47. The zero-order valence-electron chi connectivity index (χ0n) is 12.2. The first kappa shape index (κ1) is 17.6. The monoisotopic (exact) mass is 313 g/mol. The zero-order chi connectivity index (χ0) is 15.5. The van der Waals surface area contributed by atoms with Crippen molar-refractivity contribution in [2.24, 2.45) is 0 Å². The van der Waals surface area contributed by atoms with Gasteiger partial charge in [0.2, 0.25) is 5.91 Å². The lowest BCUT2D eigenvalue weighted by atomic mass is 10.3. The van der Waals surface area contributed by atoms with Gasteiger partial charge in [0.15, 0.2) is 0 Å². The molecule has 118 valence electrons. The van der Waals surface area contributed by atoms with Crippen LogP contribution in [-0.2, 0) is 27.2 Å². The lowest BCUT2D eigenvalue weighted by Gasteiger charge is -2.05. The minimum absolute atomic E-state index is 0.113. The Morgan fingerprint density at radius 1 is 1.33 bits per heavy atom. The van der Waals surface area contributed by atoms with E-state index in [1.807, 2.05) is 0 Å². The van der Waals surface area contributed by atoms with Crippen molar-refractivity contribution in [2.75, 3.05) is 19.8 Å². The highest BCUT2D eigenvalue weighted by Gasteiger charge is 2.07. The fourth-order valence-electron chi connectivity index (χ4n) is 1.61. The Kier molecular flexibility index (Phi) is 8.61. The second kappa shape index (κ2) is 10.3. The minimum Gasteiger partial charge on any atom is -0.550 e. The standard InChI is InChI=1S/C14H22N2O4S/c1-2-3-6-20-7-4-5-15-12(17)9-13-16-11(10-21-13)8-14(18)19/h10H,2-9H2,1H3,(H,15,17)(H,18,19)/p-1. The van der Waals surface area contributed by atoms with Gasteiger partial charge in [-0.2, -0.15) is 0 Å². The van der Waals surface area contributed by atoms with E-state index < -0.39 is 5.97 Å². The highest BCUT2D eigenvalue weighted by Crippen LogP contribution is 2.10. The fourth-order valence-corrected chi connectivity index (χ4v) is 2.40. The van der Waals surface area contributed by atoms with Gasteiger partial charge in [-0.25, -0.2) is 4.98 Å². The largest absolute Gasteiger partial charge is 0.550 e. The number of carbonyl (C=O) groups excluding carboxylic acids is 2. The normalized spacial score (nSPS) is 10.5. The number of amides is 1. The summed E-state index contributed by atoms with van der Waals surface area (Å²) in [5.41, 5.74) is 0.437. The maximum Gasteiger partial charge on any atom is 0.226 e. The first-order valence-electron chi connectivity index (χ1n) is 7.09. The van der Waals surface area contributed by atoms with Gasteiger partial charge in [0.1, 0.15) is 5.01 Å². The first-order valence-corrected chi connectivity index (χ1v) is 7.97. The molecule has 0 aliphatic carbocycles. The zero-order valence-corrected chi connectivity index (χ0v) is 13.0. The number of carbonyl (C=O) groups is 2. The Balaban J connectivity index is 2.13. The summed E-state index contributed by atoms with van der Waals surface area (Å²) >= 11 is 1.28. The van der Waals surface area contributed by atoms with Crippen molar-refractivity contribution in [3.05, 3.63) is 16.1 Å². The summed E-state index contributed by atoms with van der Waals surface area (Å²) in [6, 6.07) is 0. The van der Waals surface area contributed by atoms with E-state index in [-0.39, 0.29) is 18.7 Å². The van der Waals surface area contributed by atoms with Crippen LogP contribution in [0.15, 0.2) is 5.38 Å². The number of carboxylic acid groups (broad SMARTS) is 1. The highest BCUT2D eigenvalue weighted by molar-refractivity contribution is 7.09. The molecule has 21 heavy (non-hydrogen) atoms. The number of thiazole rings is 1. The average Bonchev–Trinajstić information content (AvgIpc) is 2.84.